The lowest BCUT2D eigenvalue weighted by molar-refractivity contribution is -0.160. The van der Waals surface area contributed by atoms with Gasteiger partial charge in [0.15, 0.2) is 0 Å². The van der Waals surface area contributed by atoms with Gasteiger partial charge in [-0.15, -0.1) is 11.3 Å². The molecule has 132 valence electrons. The zero-order valence-corrected chi connectivity index (χ0v) is 14.9. The number of carbonyl (C=O) groups excluding carboxylic acids is 2. The van der Waals surface area contributed by atoms with Gasteiger partial charge in [0.1, 0.15) is 18.3 Å². The summed E-state index contributed by atoms with van der Waals surface area (Å²) < 4.78 is 5.41. The third-order valence-electron chi connectivity index (χ3n) is 5.19. The molecule has 1 aliphatic heterocycles. The Morgan fingerprint density at radius 3 is 2.64 bits per heavy atom. The molecule has 6 heteroatoms. The average molecular weight is 358 g/mol. The number of amides is 2. The van der Waals surface area contributed by atoms with Crippen molar-refractivity contribution in [2.75, 3.05) is 6.54 Å². The second kappa shape index (κ2) is 7.04. The fourth-order valence-electron chi connectivity index (χ4n) is 3.92. The zero-order chi connectivity index (χ0) is 17.2. The molecule has 0 N–H and O–H groups in total. The number of hydrogen-bond acceptors (Lipinski definition) is 4. The highest BCUT2D eigenvalue weighted by Crippen LogP contribution is 2.35. The number of hydrogen-bond donors (Lipinski definition) is 0. The van der Waals surface area contributed by atoms with Crippen LogP contribution in [0.4, 0.5) is 0 Å². The van der Waals surface area contributed by atoms with E-state index in [9.17, 15) is 9.59 Å². The maximum atomic E-state index is 13.3. The topological polar surface area (TPSA) is 53.8 Å². The van der Waals surface area contributed by atoms with Gasteiger partial charge in [0.25, 0.3) is 5.91 Å². The zero-order valence-electron chi connectivity index (χ0n) is 14.1. The third kappa shape index (κ3) is 3.23. The van der Waals surface area contributed by atoms with Gasteiger partial charge in [-0.2, -0.15) is 0 Å². The maximum absolute atomic E-state index is 13.3. The van der Waals surface area contributed by atoms with Gasteiger partial charge in [0, 0.05) is 10.9 Å². The van der Waals surface area contributed by atoms with E-state index in [1.807, 2.05) is 28.5 Å². The van der Waals surface area contributed by atoms with Gasteiger partial charge in [-0.05, 0) is 36.4 Å². The van der Waals surface area contributed by atoms with Gasteiger partial charge >= 0.3 is 0 Å². The molecule has 1 unspecified atom stereocenters. The van der Waals surface area contributed by atoms with E-state index in [4.69, 9.17) is 4.42 Å². The molecule has 2 aromatic heterocycles. The summed E-state index contributed by atoms with van der Waals surface area (Å²) in [6.45, 7) is 0.519. The Hall–Kier alpha value is -2.08. The third-order valence-corrected chi connectivity index (χ3v) is 6.11. The van der Waals surface area contributed by atoms with E-state index in [1.54, 1.807) is 17.2 Å². The van der Waals surface area contributed by atoms with E-state index in [0.717, 1.165) is 30.6 Å². The smallest absolute Gasteiger partial charge is 0.251 e. The van der Waals surface area contributed by atoms with Gasteiger partial charge in [-0.1, -0.05) is 25.3 Å². The normalized spacial score (nSPS) is 22.6. The van der Waals surface area contributed by atoms with Gasteiger partial charge in [0.2, 0.25) is 5.91 Å². The Kier molecular flexibility index (Phi) is 4.61. The quantitative estimate of drug-likeness (QED) is 0.839. The van der Waals surface area contributed by atoms with E-state index in [-0.39, 0.29) is 24.4 Å². The summed E-state index contributed by atoms with van der Waals surface area (Å²) in [6.07, 6.45) is 7.12. The average Bonchev–Trinajstić information content (AvgIpc) is 3.33. The molecule has 2 amide bonds. The van der Waals surface area contributed by atoms with E-state index >= 15 is 0 Å². The molecular formula is C19H22N2O3S. The van der Waals surface area contributed by atoms with Crippen LogP contribution in [-0.2, 0) is 16.1 Å². The van der Waals surface area contributed by atoms with Crippen LogP contribution >= 0.6 is 11.3 Å². The highest BCUT2D eigenvalue weighted by atomic mass is 32.1. The number of carbonyl (C=O) groups is 2. The molecule has 5 nitrogen and oxygen atoms in total. The van der Waals surface area contributed by atoms with Crippen molar-refractivity contribution < 1.29 is 14.0 Å². The Balaban J connectivity index is 1.63. The van der Waals surface area contributed by atoms with Crippen LogP contribution in [0.2, 0.25) is 0 Å². The van der Waals surface area contributed by atoms with Gasteiger partial charge in [-0.3, -0.25) is 9.59 Å². The van der Waals surface area contributed by atoms with Crippen LogP contribution < -0.4 is 0 Å². The molecule has 0 aromatic carbocycles. The first-order valence-corrected chi connectivity index (χ1v) is 9.78. The number of nitrogens with zero attached hydrogens (tertiary/aromatic N) is 2. The second-order valence-electron chi connectivity index (χ2n) is 6.78. The van der Waals surface area contributed by atoms with Crippen LogP contribution in [0.15, 0.2) is 40.3 Å². The fraction of sp³-hybridized carbons (Fsp3) is 0.474. The first-order valence-electron chi connectivity index (χ1n) is 8.90. The SMILES string of the molecule is O=C1C(c2cccs2)N(Cc2ccco2)C(=O)CN1C1CCCCC1. The summed E-state index contributed by atoms with van der Waals surface area (Å²) >= 11 is 1.53. The summed E-state index contributed by atoms with van der Waals surface area (Å²) in [7, 11) is 0. The predicted molar refractivity (Wildman–Crippen MR) is 94.9 cm³/mol. The number of furan rings is 1. The first-order chi connectivity index (χ1) is 12.2. The standard InChI is InChI=1S/C19H22N2O3S/c22-17-13-20(14-6-2-1-3-7-14)19(23)18(16-9-5-11-25-16)21(17)12-15-8-4-10-24-15/h4-5,8-11,14,18H,1-3,6-7,12-13H2. The molecule has 1 saturated heterocycles. The molecular weight excluding hydrogens is 336 g/mol. The van der Waals surface area contributed by atoms with Crippen LogP contribution in [-0.4, -0.2) is 34.2 Å². The fourth-order valence-corrected chi connectivity index (χ4v) is 4.75. The van der Waals surface area contributed by atoms with Crippen LogP contribution in [0.3, 0.4) is 0 Å². The van der Waals surface area contributed by atoms with Crippen LogP contribution in [0.5, 0.6) is 0 Å². The molecule has 4 rings (SSSR count). The lowest BCUT2D eigenvalue weighted by atomic mass is 9.92. The first kappa shape index (κ1) is 16.4. The molecule has 1 aliphatic carbocycles. The summed E-state index contributed by atoms with van der Waals surface area (Å²) in [5, 5.41) is 1.96. The molecule has 0 radical (unpaired) electrons. The molecule has 0 spiro atoms. The molecule has 0 bridgehead atoms. The second-order valence-corrected chi connectivity index (χ2v) is 7.76. The summed E-state index contributed by atoms with van der Waals surface area (Å²) in [5.74, 6) is 0.759. The van der Waals surface area contributed by atoms with Gasteiger partial charge < -0.3 is 14.2 Å². The lowest BCUT2D eigenvalue weighted by Gasteiger charge is -2.43. The highest BCUT2D eigenvalue weighted by molar-refractivity contribution is 7.10. The number of thiophene rings is 1. The summed E-state index contributed by atoms with van der Waals surface area (Å²) in [4.78, 5) is 30.7. The Labute approximate surface area is 151 Å². The van der Waals surface area contributed by atoms with Gasteiger partial charge in [0.05, 0.1) is 12.8 Å². The van der Waals surface area contributed by atoms with E-state index in [1.165, 1.54) is 17.8 Å². The van der Waals surface area contributed by atoms with Crippen LogP contribution in [0.25, 0.3) is 0 Å². The van der Waals surface area contributed by atoms with Crippen LogP contribution in [0, 0.1) is 0 Å². The number of piperazine rings is 1. The summed E-state index contributed by atoms with van der Waals surface area (Å²) in [5.41, 5.74) is 0. The van der Waals surface area contributed by atoms with Crippen molar-refractivity contribution in [2.24, 2.45) is 0 Å². The van der Waals surface area contributed by atoms with Crippen molar-refractivity contribution in [3.63, 3.8) is 0 Å². The van der Waals surface area contributed by atoms with E-state index < -0.39 is 6.04 Å². The van der Waals surface area contributed by atoms with Crippen molar-refractivity contribution in [2.45, 2.75) is 50.7 Å². The predicted octanol–water partition coefficient (Wildman–Crippen LogP) is 3.59. The molecule has 1 saturated carbocycles. The van der Waals surface area contributed by atoms with Gasteiger partial charge in [-0.25, -0.2) is 0 Å². The number of rotatable bonds is 4. The molecule has 25 heavy (non-hydrogen) atoms. The highest BCUT2D eigenvalue weighted by Gasteiger charge is 2.43. The van der Waals surface area contributed by atoms with Crippen molar-refractivity contribution in [3.8, 4) is 0 Å². The van der Waals surface area contributed by atoms with Crippen molar-refractivity contribution in [1.29, 1.82) is 0 Å². The van der Waals surface area contributed by atoms with Crippen molar-refractivity contribution >= 4 is 23.2 Å². The minimum atomic E-state index is -0.534. The summed E-state index contributed by atoms with van der Waals surface area (Å²) in [6, 6.07) is 7.20. The lowest BCUT2D eigenvalue weighted by Crippen LogP contribution is -2.58. The largest absolute Gasteiger partial charge is 0.467 e. The molecule has 2 aliphatic rings. The maximum Gasteiger partial charge on any atom is 0.251 e. The Morgan fingerprint density at radius 1 is 1.12 bits per heavy atom. The molecule has 1 atom stereocenters. The van der Waals surface area contributed by atoms with Crippen LogP contribution in [0.1, 0.15) is 48.8 Å². The molecule has 2 aromatic rings. The minimum Gasteiger partial charge on any atom is -0.467 e. The minimum absolute atomic E-state index is 0.0000246. The molecule has 3 heterocycles. The Bertz CT molecular complexity index is 720. The van der Waals surface area contributed by atoms with Crippen molar-refractivity contribution in [3.05, 3.63) is 46.5 Å². The van der Waals surface area contributed by atoms with E-state index in [2.05, 4.69) is 0 Å². The molecule has 2 fully saturated rings. The van der Waals surface area contributed by atoms with E-state index in [0.29, 0.717) is 12.3 Å². The Morgan fingerprint density at radius 2 is 1.96 bits per heavy atom. The van der Waals surface area contributed by atoms with Crippen molar-refractivity contribution in [1.82, 2.24) is 9.80 Å². The monoisotopic (exact) mass is 358 g/mol.